The molecule has 0 radical (unpaired) electrons. The van der Waals surface area contributed by atoms with Crippen LogP contribution in [0.5, 0.6) is 0 Å². The molecule has 1 N–H and O–H groups in total. The molecule has 0 bridgehead atoms. The Morgan fingerprint density at radius 1 is 1.31 bits per heavy atom. The van der Waals surface area contributed by atoms with Gasteiger partial charge in [0.2, 0.25) is 0 Å². The van der Waals surface area contributed by atoms with Gasteiger partial charge in [0.05, 0.1) is 0 Å². The van der Waals surface area contributed by atoms with E-state index in [4.69, 9.17) is 0 Å². The van der Waals surface area contributed by atoms with Crippen LogP contribution in [-0.2, 0) is 0 Å². The van der Waals surface area contributed by atoms with Crippen molar-refractivity contribution in [3.63, 3.8) is 0 Å². The highest BCUT2D eigenvalue weighted by molar-refractivity contribution is 5.84. The van der Waals surface area contributed by atoms with E-state index in [0.717, 1.165) is 11.1 Å². The van der Waals surface area contributed by atoms with Crippen LogP contribution < -0.4 is 0 Å². The zero-order valence-electron chi connectivity index (χ0n) is 7.14. The Kier molecular flexibility index (Phi) is 1.79. The van der Waals surface area contributed by atoms with E-state index >= 15 is 0 Å². The van der Waals surface area contributed by atoms with E-state index in [9.17, 15) is 8.78 Å². The van der Waals surface area contributed by atoms with E-state index in [2.05, 4.69) is 4.98 Å². The second-order valence-corrected chi connectivity index (χ2v) is 3.09. The molecule has 68 valence electrons. The lowest BCUT2D eigenvalue weighted by atomic mass is 10.1. The first-order chi connectivity index (χ1) is 6.18. The summed E-state index contributed by atoms with van der Waals surface area (Å²) in [7, 11) is 0. The summed E-state index contributed by atoms with van der Waals surface area (Å²) in [5, 5.41) is 0.620. The number of nitrogens with one attached hydrogen (secondary N) is 1. The molecule has 0 aliphatic rings. The van der Waals surface area contributed by atoms with Gasteiger partial charge < -0.3 is 4.98 Å². The van der Waals surface area contributed by atoms with Crippen molar-refractivity contribution < 1.29 is 8.78 Å². The molecule has 0 amide bonds. The number of hydrogen-bond donors (Lipinski definition) is 1. The molecular formula is C10H9F2N. The fourth-order valence-corrected chi connectivity index (χ4v) is 1.44. The van der Waals surface area contributed by atoms with E-state index in [1.54, 1.807) is 6.07 Å². The largest absolute Gasteiger partial charge is 0.361 e. The third-order valence-corrected chi connectivity index (χ3v) is 2.10. The van der Waals surface area contributed by atoms with Crippen molar-refractivity contribution in [3.05, 3.63) is 35.5 Å². The van der Waals surface area contributed by atoms with Crippen LogP contribution in [0, 0.1) is 6.92 Å². The van der Waals surface area contributed by atoms with Crippen molar-refractivity contribution >= 4 is 10.9 Å². The van der Waals surface area contributed by atoms with Crippen LogP contribution >= 0.6 is 0 Å². The number of hydrogen-bond acceptors (Lipinski definition) is 0. The lowest BCUT2D eigenvalue weighted by Crippen LogP contribution is -1.80. The van der Waals surface area contributed by atoms with Gasteiger partial charge >= 0.3 is 0 Å². The Morgan fingerprint density at radius 3 is 2.77 bits per heavy atom. The number of H-pyrrole nitrogens is 1. The molecule has 1 aromatic carbocycles. The van der Waals surface area contributed by atoms with Gasteiger partial charge in [-0.05, 0) is 19.1 Å². The van der Waals surface area contributed by atoms with E-state index in [0.29, 0.717) is 5.39 Å². The Morgan fingerprint density at radius 2 is 2.08 bits per heavy atom. The van der Waals surface area contributed by atoms with E-state index in [1.807, 2.05) is 19.1 Å². The fourth-order valence-electron chi connectivity index (χ4n) is 1.44. The van der Waals surface area contributed by atoms with Gasteiger partial charge in [-0.15, -0.1) is 0 Å². The minimum atomic E-state index is -2.41. The predicted octanol–water partition coefficient (Wildman–Crippen LogP) is 3.41. The van der Waals surface area contributed by atoms with Crippen molar-refractivity contribution in [2.75, 3.05) is 0 Å². The summed E-state index contributed by atoms with van der Waals surface area (Å²) in [5.41, 5.74) is 1.84. The number of alkyl halides is 2. The van der Waals surface area contributed by atoms with E-state index in [-0.39, 0.29) is 5.56 Å². The van der Waals surface area contributed by atoms with Gasteiger partial charge in [0.25, 0.3) is 6.43 Å². The molecule has 3 heteroatoms. The van der Waals surface area contributed by atoms with Gasteiger partial charge in [0, 0.05) is 22.7 Å². The van der Waals surface area contributed by atoms with Crippen molar-refractivity contribution in [2.24, 2.45) is 0 Å². The molecule has 1 aromatic heterocycles. The highest BCUT2D eigenvalue weighted by Gasteiger charge is 2.12. The van der Waals surface area contributed by atoms with Crippen LogP contribution in [0.1, 0.15) is 17.6 Å². The number of aromatic nitrogens is 1. The maximum absolute atomic E-state index is 12.4. The molecule has 0 spiro atoms. The molecule has 0 unspecified atom stereocenters. The quantitative estimate of drug-likeness (QED) is 0.693. The lowest BCUT2D eigenvalue weighted by Gasteiger charge is -1.97. The average Bonchev–Trinajstić information content (AvgIpc) is 2.46. The van der Waals surface area contributed by atoms with Crippen molar-refractivity contribution in [2.45, 2.75) is 13.3 Å². The van der Waals surface area contributed by atoms with Gasteiger partial charge in [-0.25, -0.2) is 8.78 Å². The second-order valence-electron chi connectivity index (χ2n) is 3.09. The maximum atomic E-state index is 12.4. The van der Waals surface area contributed by atoms with Crippen molar-refractivity contribution in [3.8, 4) is 0 Å². The molecule has 0 saturated heterocycles. The van der Waals surface area contributed by atoms with Crippen LogP contribution in [0.25, 0.3) is 10.9 Å². The van der Waals surface area contributed by atoms with Gasteiger partial charge in [-0.3, -0.25) is 0 Å². The average molecular weight is 181 g/mol. The first-order valence-electron chi connectivity index (χ1n) is 4.04. The molecule has 0 aliphatic carbocycles. The van der Waals surface area contributed by atoms with E-state index < -0.39 is 6.43 Å². The molecule has 0 fully saturated rings. The van der Waals surface area contributed by atoms with Crippen molar-refractivity contribution in [1.29, 1.82) is 0 Å². The SMILES string of the molecule is Cc1ccc2[nH]cc(C(F)F)c2c1. The van der Waals surface area contributed by atoms with Gasteiger partial charge in [-0.2, -0.15) is 0 Å². The Balaban J connectivity index is 2.71. The topological polar surface area (TPSA) is 15.8 Å². The molecule has 0 aliphatic heterocycles. The maximum Gasteiger partial charge on any atom is 0.265 e. The fraction of sp³-hybridized carbons (Fsp3) is 0.200. The minimum absolute atomic E-state index is 0.0821. The Bertz CT molecular complexity index is 431. The molecule has 0 saturated carbocycles. The second kappa shape index (κ2) is 2.83. The molecule has 1 heterocycles. The molecule has 1 nitrogen and oxygen atoms in total. The smallest absolute Gasteiger partial charge is 0.265 e. The Hall–Kier alpha value is -1.38. The third kappa shape index (κ3) is 1.30. The van der Waals surface area contributed by atoms with Gasteiger partial charge in [0.1, 0.15) is 0 Å². The first kappa shape index (κ1) is 8.23. The zero-order valence-corrected chi connectivity index (χ0v) is 7.14. The standard InChI is InChI=1S/C10H9F2N/c1-6-2-3-9-7(4-6)8(5-13-9)10(11)12/h2-5,10,13H,1H3. The molecule has 0 atom stereocenters. The molecule has 2 rings (SSSR count). The van der Waals surface area contributed by atoms with Gasteiger partial charge in [-0.1, -0.05) is 11.6 Å². The summed E-state index contributed by atoms with van der Waals surface area (Å²) in [6.07, 6.45) is -1.04. The number of benzene rings is 1. The highest BCUT2D eigenvalue weighted by atomic mass is 19.3. The zero-order chi connectivity index (χ0) is 9.42. The van der Waals surface area contributed by atoms with Crippen LogP contribution in [0.2, 0.25) is 0 Å². The summed E-state index contributed by atoms with van der Waals surface area (Å²) in [6.45, 7) is 1.89. The van der Waals surface area contributed by atoms with Crippen LogP contribution in [0.3, 0.4) is 0 Å². The predicted molar refractivity (Wildman–Crippen MR) is 48.0 cm³/mol. The number of aryl methyl sites for hydroxylation is 1. The van der Waals surface area contributed by atoms with Crippen LogP contribution in [-0.4, -0.2) is 4.98 Å². The summed E-state index contributed by atoms with van der Waals surface area (Å²) in [4.78, 5) is 2.82. The van der Waals surface area contributed by atoms with E-state index in [1.165, 1.54) is 6.20 Å². The molecular weight excluding hydrogens is 172 g/mol. The number of halogens is 2. The van der Waals surface area contributed by atoms with Crippen molar-refractivity contribution in [1.82, 2.24) is 4.98 Å². The lowest BCUT2D eigenvalue weighted by molar-refractivity contribution is 0.153. The monoisotopic (exact) mass is 181 g/mol. The summed E-state index contributed by atoms with van der Waals surface area (Å²) in [6, 6.07) is 5.48. The Labute approximate surface area is 74.4 Å². The summed E-state index contributed by atoms with van der Waals surface area (Å²) in [5.74, 6) is 0. The number of aromatic amines is 1. The normalized spacial score (nSPS) is 11.4. The number of fused-ring (bicyclic) bond motifs is 1. The third-order valence-electron chi connectivity index (χ3n) is 2.10. The van der Waals surface area contributed by atoms with Crippen LogP contribution in [0.15, 0.2) is 24.4 Å². The number of rotatable bonds is 1. The van der Waals surface area contributed by atoms with Gasteiger partial charge in [0.15, 0.2) is 0 Å². The molecule has 13 heavy (non-hydrogen) atoms. The summed E-state index contributed by atoms with van der Waals surface area (Å²) < 4.78 is 24.9. The summed E-state index contributed by atoms with van der Waals surface area (Å²) >= 11 is 0. The highest BCUT2D eigenvalue weighted by Crippen LogP contribution is 2.27. The first-order valence-corrected chi connectivity index (χ1v) is 4.04. The molecule has 2 aromatic rings. The minimum Gasteiger partial charge on any atom is -0.361 e. The van der Waals surface area contributed by atoms with Crippen LogP contribution in [0.4, 0.5) is 8.78 Å².